The number of nitrogens with zero attached hydrogens (tertiary/aromatic N) is 1. The van der Waals surface area contributed by atoms with Gasteiger partial charge in [0.25, 0.3) is 0 Å². The van der Waals surface area contributed by atoms with Crippen LogP contribution in [0.15, 0.2) is 54.6 Å². The zero-order chi connectivity index (χ0) is 17.5. The fourth-order valence-corrected chi connectivity index (χ4v) is 3.29. The molecular weight excluding hydrogens is 336 g/mol. The van der Waals surface area contributed by atoms with Crippen molar-refractivity contribution < 1.29 is 9.53 Å². The number of benzene rings is 2. The highest BCUT2D eigenvalue weighted by atomic mass is 35.5. The lowest BCUT2D eigenvalue weighted by atomic mass is 10.0. The standard InChI is InChI=1S/C20H23ClN2O2/c21-18-8-4-7-17(13-18)19-14-22-10-11-23(19)20(24)15-25-12-9-16-5-2-1-3-6-16/h1-8,13,19,22H,9-12,14-15H2. The summed E-state index contributed by atoms with van der Waals surface area (Å²) in [5, 5.41) is 4.04. The van der Waals surface area contributed by atoms with Crippen molar-refractivity contribution >= 4 is 17.5 Å². The van der Waals surface area contributed by atoms with Crippen LogP contribution in [-0.4, -0.2) is 43.7 Å². The van der Waals surface area contributed by atoms with Crippen LogP contribution in [-0.2, 0) is 16.0 Å². The molecule has 5 heteroatoms. The molecular formula is C20H23ClN2O2. The van der Waals surface area contributed by atoms with E-state index < -0.39 is 0 Å². The molecule has 1 N–H and O–H groups in total. The summed E-state index contributed by atoms with van der Waals surface area (Å²) >= 11 is 6.10. The van der Waals surface area contributed by atoms with E-state index in [-0.39, 0.29) is 18.6 Å². The molecule has 1 aliphatic heterocycles. The minimum atomic E-state index is -0.00215. The summed E-state index contributed by atoms with van der Waals surface area (Å²) in [6.45, 7) is 2.87. The number of carbonyl (C=O) groups excluding carboxylic acids is 1. The van der Waals surface area contributed by atoms with E-state index in [4.69, 9.17) is 16.3 Å². The third-order valence-electron chi connectivity index (χ3n) is 4.40. The summed E-state index contributed by atoms with van der Waals surface area (Å²) in [5.41, 5.74) is 2.27. The van der Waals surface area contributed by atoms with Crippen molar-refractivity contribution in [1.82, 2.24) is 10.2 Å². The van der Waals surface area contributed by atoms with Crippen LogP contribution in [0.3, 0.4) is 0 Å². The highest BCUT2D eigenvalue weighted by Gasteiger charge is 2.27. The maximum absolute atomic E-state index is 12.6. The van der Waals surface area contributed by atoms with Gasteiger partial charge in [-0.05, 0) is 29.7 Å². The van der Waals surface area contributed by atoms with Crippen molar-refractivity contribution in [3.05, 3.63) is 70.7 Å². The van der Waals surface area contributed by atoms with Crippen molar-refractivity contribution in [2.45, 2.75) is 12.5 Å². The predicted molar refractivity (Wildman–Crippen MR) is 99.7 cm³/mol. The first-order valence-corrected chi connectivity index (χ1v) is 8.99. The highest BCUT2D eigenvalue weighted by molar-refractivity contribution is 6.30. The lowest BCUT2D eigenvalue weighted by Crippen LogP contribution is -2.49. The van der Waals surface area contributed by atoms with Crippen molar-refractivity contribution in [2.75, 3.05) is 32.8 Å². The minimum Gasteiger partial charge on any atom is -0.371 e. The maximum atomic E-state index is 12.6. The normalized spacial score (nSPS) is 17.5. The first-order chi connectivity index (χ1) is 12.2. The Kier molecular flexibility index (Phi) is 6.45. The average molecular weight is 359 g/mol. The Labute approximate surface area is 153 Å². The van der Waals surface area contributed by atoms with Crippen molar-refractivity contribution in [2.24, 2.45) is 0 Å². The molecule has 1 amide bonds. The highest BCUT2D eigenvalue weighted by Crippen LogP contribution is 2.24. The second-order valence-corrected chi connectivity index (χ2v) is 6.59. The zero-order valence-corrected chi connectivity index (χ0v) is 14.9. The first-order valence-electron chi connectivity index (χ1n) is 8.61. The maximum Gasteiger partial charge on any atom is 0.249 e. The fraction of sp³-hybridized carbons (Fsp3) is 0.350. The molecule has 0 spiro atoms. The van der Waals surface area contributed by atoms with Gasteiger partial charge in [0.15, 0.2) is 0 Å². The molecule has 0 saturated carbocycles. The topological polar surface area (TPSA) is 41.6 Å². The van der Waals surface area contributed by atoms with Gasteiger partial charge in [0.05, 0.1) is 12.6 Å². The number of ether oxygens (including phenoxy) is 1. The zero-order valence-electron chi connectivity index (χ0n) is 14.2. The molecule has 0 aliphatic carbocycles. The lowest BCUT2D eigenvalue weighted by Gasteiger charge is -2.36. The molecule has 1 fully saturated rings. The summed E-state index contributed by atoms with van der Waals surface area (Å²) in [5.74, 6) is 0.0273. The Bertz CT molecular complexity index is 693. The molecule has 132 valence electrons. The van der Waals surface area contributed by atoms with Gasteiger partial charge in [0, 0.05) is 24.7 Å². The second kappa shape index (κ2) is 8.99. The van der Waals surface area contributed by atoms with Crippen LogP contribution in [0.2, 0.25) is 5.02 Å². The van der Waals surface area contributed by atoms with Gasteiger partial charge in [-0.3, -0.25) is 4.79 Å². The van der Waals surface area contributed by atoms with E-state index in [1.165, 1.54) is 5.56 Å². The molecule has 1 atom stereocenters. The molecule has 1 unspecified atom stereocenters. The summed E-state index contributed by atoms with van der Waals surface area (Å²) in [6, 6.07) is 17.9. The molecule has 2 aromatic rings. The number of carbonyl (C=O) groups is 1. The van der Waals surface area contributed by atoms with Gasteiger partial charge >= 0.3 is 0 Å². The van der Waals surface area contributed by atoms with Gasteiger partial charge in [0.2, 0.25) is 5.91 Å². The van der Waals surface area contributed by atoms with E-state index in [2.05, 4.69) is 17.4 Å². The van der Waals surface area contributed by atoms with E-state index in [0.29, 0.717) is 18.2 Å². The number of hydrogen-bond donors (Lipinski definition) is 1. The summed E-state index contributed by atoms with van der Waals surface area (Å²) in [6.07, 6.45) is 0.813. The van der Waals surface area contributed by atoms with E-state index in [0.717, 1.165) is 25.1 Å². The van der Waals surface area contributed by atoms with Crippen LogP contribution >= 0.6 is 11.6 Å². The third kappa shape index (κ3) is 5.05. The predicted octanol–water partition coefficient (Wildman–Crippen LogP) is 3.07. The Morgan fingerprint density at radius 3 is 2.84 bits per heavy atom. The van der Waals surface area contributed by atoms with Gasteiger partial charge in [-0.15, -0.1) is 0 Å². The summed E-state index contributed by atoms with van der Waals surface area (Å²) in [4.78, 5) is 14.5. The Balaban J connectivity index is 1.54. The molecule has 1 heterocycles. The first kappa shape index (κ1) is 17.9. The van der Waals surface area contributed by atoms with Crippen LogP contribution in [0.25, 0.3) is 0 Å². The molecule has 25 heavy (non-hydrogen) atoms. The SMILES string of the molecule is O=C(COCCc1ccccc1)N1CCNCC1c1cccc(Cl)c1. The number of halogens is 1. The smallest absolute Gasteiger partial charge is 0.249 e. The van der Waals surface area contributed by atoms with E-state index >= 15 is 0 Å². The summed E-state index contributed by atoms with van der Waals surface area (Å²) < 4.78 is 5.62. The molecule has 2 aromatic carbocycles. The van der Waals surface area contributed by atoms with Gasteiger partial charge in [-0.2, -0.15) is 0 Å². The number of rotatable bonds is 6. The van der Waals surface area contributed by atoms with Crippen molar-refractivity contribution in [3.63, 3.8) is 0 Å². The third-order valence-corrected chi connectivity index (χ3v) is 4.64. The second-order valence-electron chi connectivity index (χ2n) is 6.15. The lowest BCUT2D eigenvalue weighted by molar-refractivity contribution is -0.139. The van der Waals surface area contributed by atoms with Crippen molar-refractivity contribution in [3.8, 4) is 0 Å². The average Bonchev–Trinajstić information content (AvgIpc) is 2.66. The Morgan fingerprint density at radius 2 is 2.04 bits per heavy atom. The van der Waals surface area contributed by atoms with Gasteiger partial charge in [0.1, 0.15) is 6.61 Å². The number of nitrogens with one attached hydrogen (secondary N) is 1. The number of hydrogen-bond acceptors (Lipinski definition) is 3. The van der Waals surface area contributed by atoms with Crippen LogP contribution in [0.4, 0.5) is 0 Å². The molecule has 0 aromatic heterocycles. The Hall–Kier alpha value is -1.88. The largest absolute Gasteiger partial charge is 0.371 e. The summed E-state index contributed by atoms with van der Waals surface area (Å²) in [7, 11) is 0. The molecule has 3 rings (SSSR count). The van der Waals surface area contributed by atoms with Crippen LogP contribution in [0, 0.1) is 0 Å². The molecule has 0 radical (unpaired) electrons. The van der Waals surface area contributed by atoms with Crippen molar-refractivity contribution in [1.29, 1.82) is 0 Å². The minimum absolute atomic E-state index is 0.00215. The van der Waals surface area contributed by atoms with E-state index in [1.807, 2.05) is 47.4 Å². The van der Waals surface area contributed by atoms with Crippen LogP contribution in [0.1, 0.15) is 17.2 Å². The molecule has 4 nitrogen and oxygen atoms in total. The molecule has 1 aliphatic rings. The monoisotopic (exact) mass is 358 g/mol. The van der Waals surface area contributed by atoms with Gasteiger partial charge in [-0.25, -0.2) is 0 Å². The fourth-order valence-electron chi connectivity index (χ4n) is 3.09. The van der Waals surface area contributed by atoms with E-state index in [1.54, 1.807) is 0 Å². The van der Waals surface area contributed by atoms with Crippen LogP contribution in [0.5, 0.6) is 0 Å². The Morgan fingerprint density at radius 1 is 1.20 bits per heavy atom. The molecule has 0 bridgehead atoms. The van der Waals surface area contributed by atoms with Gasteiger partial charge < -0.3 is 15.0 Å². The van der Waals surface area contributed by atoms with E-state index in [9.17, 15) is 4.79 Å². The quantitative estimate of drug-likeness (QED) is 0.807. The number of amides is 1. The number of piperazine rings is 1. The van der Waals surface area contributed by atoms with Crippen LogP contribution < -0.4 is 5.32 Å². The van der Waals surface area contributed by atoms with Gasteiger partial charge in [-0.1, -0.05) is 54.1 Å². The molecule has 1 saturated heterocycles.